The summed E-state index contributed by atoms with van der Waals surface area (Å²) >= 11 is 0. The maximum atomic E-state index is 11.6. The SMILES string of the molecule is CC(C)(C)OC(=O)NCCOc1cc(-c2ccccc2)on1.CCC(O)c1c(OCCNC(=O)OC(C)(C)C)noc1-c1ccccc1. The van der Waals surface area contributed by atoms with Crippen LogP contribution in [0.4, 0.5) is 9.59 Å². The van der Waals surface area contributed by atoms with Crippen molar-refractivity contribution in [3.05, 3.63) is 72.3 Å². The standard InChI is InChI=1S/C19H26N2O5.C16H20N2O4/c1-5-14(22)15-16(13-9-7-6-8-10-13)26-21-17(15)24-12-11-20-18(23)25-19(2,3)4;1-16(2,3)21-15(19)17-9-10-20-14-11-13(22-18-14)12-7-5-4-6-8-12/h6-10,14,22H,5,11-12H2,1-4H3,(H,20,23);4-8,11H,9-10H2,1-3H3,(H,17,19). The third-order valence-electron chi connectivity index (χ3n) is 6.03. The molecule has 0 aliphatic heterocycles. The molecule has 2 heterocycles. The van der Waals surface area contributed by atoms with E-state index in [4.69, 9.17) is 28.0 Å². The zero-order valence-corrected chi connectivity index (χ0v) is 28.6. The van der Waals surface area contributed by atoms with E-state index in [1.807, 2.05) is 88.4 Å². The second-order valence-corrected chi connectivity index (χ2v) is 12.5. The predicted molar refractivity (Wildman–Crippen MR) is 179 cm³/mol. The Morgan fingerprint density at radius 3 is 1.81 bits per heavy atom. The van der Waals surface area contributed by atoms with E-state index in [1.165, 1.54) is 0 Å². The molecule has 1 unspecified atom stereocenters. The maximum Gasteiger partial charge on any atom is 0.407 e. The van der Waals surface area contributed by atoms with Gasteiger partial charge in [0.2, 0.25) is 0 Å². The molecule has 2 aromatic heterocycles. The van der Waals surface area contributed by atoms with Gasteiger partial charge in [-0.2, -0.15) is 0 Å². The first-order chi connectivity index (χ1) is 22.8. The van der Waals surface area contributed by atoms with Crippen molar-refractivity contribution in [1.29, 1.82) is 0 Å². The average Bonchev–Trinajstić information content (AvgIpc) is 3.68. The van der Waals surface area contributed by atoms with Crippen LogP contribution in [0.5, 0.6) is 11.8 Å². The summed E-state index contributed by atoms with van der Waals surface area (Å²) in [5.74, 6) is 1.72. The maximum absolute atomic E-state index is 11.6. The van der Waals surface area contributed by atoms with Crippen molar-refractivity contribution in [2.45, 2.75) is 72.2 Å². The highest BCUT2D eigenvalue weighted by Crippen LogP contribution is 2.36. The molecule has 260 valence electrons. The van der Waals surface area contributed by atoms with Crippen LogP contribution in [0.15, 0.2) is 75.8 Å². The van der Waals surface area contributed by atoms with E-state index >= 15 is 0 Å². The highest BCUT2D eigenvalue weighted by Gasteiger charge is 2.25. The number of aliphatic hydroxyl groups is 1. The van der Waals surface area contributed by atoms with Crippen LogP contribution in [0.1, 0.15) is 66.6 Å². The van der Waals surface area contributed by atoms with Gasteiger partial charge in [-0.05, 0) is 58.3 Å². The number of aliphatic hydroxyl groups excluding tert-OH is 1. The average molecular weight is 667 g/mol. The molecule has 0 spiro atoms. The Hall–Kier alpha value is -5.04. The lowest BCUT2D eigenvalue weighted by Gasteiger charge is -2.19. The topological polar surface area (TPSA) is 167 Å². The molecule has 0 saturated heterocycles. The summed E-state index contributed by atoms with van der Waals surface area (Å²) in [6.07, 6.45) is -1.25. The van der Waals surface area contributed by atoms with Gasteiger partial charge in [-0.15, -0.1) is 0 Å². The highest BCUT2D eigenvalue weighted by atomic mass is 16.6. The molecule has 2 aromatic carbocycles. The minimum atomic E-state index is -0.759. The van der Waals surface area contributed by atoms with Crippen molar-refractivity contribution in [2.24, 2.45) is 0 Å². The number of ether oxygens (including phenoxy) is 4. The number of nitrogens with one attached hydrogen (secondary N) is 2. The third-order valence-corrected chi connectivity index (χ3v) is 6.03. The molecule has 0 radical (unpaired) electrons. The number of aromatic nitrogens is 2. The van der Waals surface area contributed by atoms with Gasteiger partial charge in [0.15, 0.2) is 11.5 Å². The molecule has 0 aliphatic rings. The molecule has 1 atom stereocenters. The van der Waals surface area contributed by atoms with Crippen LogP contribution < -0.4 is 20.1 Å². The van der Waals surface area contributed by atoms with E-state index < -0.39 is 29.5 Å². The lowest BCUT2D eigenvalue weighted by atomic mass is 10.0. The predicted octanol–water partition coefficient (Wildman–Crippen LogP) is 6.93. The van der Waals surface area contributed by atoms with Crippen molar-refractivity contribution < 1.29 is 42.7 Å². The molecule has 48 heavy (non-hydrogen) atoms. The summed E-state index contributed by atoms with van der Waals surface area (Å²) < 4.78 is 31.9. The van der Waals surface area contributed by atoms with Gasteiger partial charge >= 0.3 is 12.2 Å². The first-order valence-electron chi connectivity index (χ1n) is 15.7. The molecule has 4 aromatic rings. The first-order valence-corrected chi connectivity index (χ1v) is 15.7. The zero-order valence-electron chi connectivity index (χ0n) is 28.6. The Labute approximate surface area is 280 Å². The minimum absolute atomic E-state index is 0.170. The van der Waals surface area contributed by atoms with Crippen LogP contribution in [0.25, 0.3) is 22.6 Å². The summed E-state index contributed by atoms with van der Waals surface area (Å²) in [4.78, 5) is 23.1. The summed E-state index contributed by atoms with van der Waals surface area (Å²) in [7, 11) is 0. The van der Waals surface area contributed by atoms with Crippen LogP contribution in [0.2, 0.25) is 0 Å². The van der Waals surface area contributed by atoms with E-state index in [-0.39, 0.29) is 25.6 Å². The van der Waals surface area contributed by atoms with Crippen LogP contribution in [-0.2, 0) is 9.47 Å². The number of carbonyl (C=O) groups is 2. The van der Waals surface area contributed by atoms with Gasteiger partial charge in [0.05, 0.1) is 24.8 Å². The number of hydrogen-bond acceptors (Lipinski definition) is 11. The molecule has 2 amide bonds. The van der Waals surface area contributed by atoms with Crippen molar-refractivity contribution in [1.82, 2.24) is 20.9 Å². The Kier molecular flexibility index (Phi) is 13.8. The molecular weight excluding hydrogens is 620 g/mol. The van der Waals surface area contributed by atoms with Crippen LogP contribution in [0.3, 0.4) is 0 Å². The molecular formula is C35H46N4O9. The smallest absolute Gasteiger partial charge is 0.407 e. The summed E-state index contributed by atoms with van der Waals surface area (Å²) in [5, 5.41) is 23.3. The molecule has 4 rings (SSSR count). The number of amides is 2. The number of carbonyl (C=O) groups excluding carboxylic acids is 2. The lowest BCUT2D eigenvalue weighted by Crippen LogP contribution is -2.34. The van der Waals surface area contributed by atoms with Crippen molar-refractivity contribution in [3.63, 3.8) is 0 Å². The van der Waals surface area contributed by atoms with Gasteiger partial charge < -0.3 is 43.7 Å². The van der Waals surface area contributed by atoms with E-state index in [0.29, 0.717) is 35.9 Å². The molecule has 0 fully saturated rings. The number of alkyl carbamates (subject to hydrolysis) is 2. The zero-order chi connectivity index (χ0) is 35.2. The Bertz CT molecular complexity index is 1540. The summed E-state index contributed by atoms with van der Waals surface area (Å²) in [6.45, 7) is 13.7. The van der Waals surface area contributed by atoms with Gasteiger partial charge in [0.1, 0.15) is 24.4 Å². The largest absolute Gasteiger partial charge is 0.474 e. The fourth-order valence-corrected chi connectivity index (χ4v) is 3.99. The van der Waals surface area contributed by atoms with Crippen molar-refractivity contribution in [2.75, 3.05) is 26.3 Å². The van der Waals surface area contributed by atoms with Crippen LogP contribution in [-0.4, -0.2) is 65.1 Å². The van der Waals surface area contributed by atoms with Gasteiger partial charge in [0, 0.05) is 17.2 Å². The van der Waals surface area contributed by atoms with Gasteiger partial charge in [-0.25, -0.2) is 9.59 Å². The lowest BCUT2D eigenvalue weighted by molar-refractivity contribution is 0.0508. The number of rotatable bonds is 12. The summed E-state index contributed by atoms with van der Waals surface area (Å²) in [5.41, 5.74) is 1.18. The van der Waals surface area contributed by atoms with Gasteiger partial charge in [-0.1, -0.05) is 67.6 Å². The molecule has 0 aliphatic carbocycles. The fourth-order valence-electron chi connectivity index (χ4n) is 3.99. The van der Waals surface area contributed by atoms with E-state index in [0.717, 1.165) is 11.1 Å². The quantitative estimate of drug-likeness (QED) is 0.134. The molecule has 0 saturated carbocycles. The normalized spacial score (nSPS) is 11.8. The third kappa shape index (κ3) is 13.0. The minimum Gasteiger partial charge on any atom is -0.474 e. The molecule has 13 heteroatoms. The Morgan fingerprint density at radius 1 is 0.771 bits per heavy atom. The Balaban J connectivity index is 0.000000264. The van der Waals surface area contributed by atoms with Crippen molar-refractivity contribution >= 4 is 12.2 Å². The van der Waals surface area contributed by atoms with Gasteiger partial charge in [-0.3, -0.25) is 0 Å². The number of benzene rings is 2. The molecule has 3 N–H and O–H groups in total. The molecule has 0 bridgehead atoms. The van der Waals surface area contributed by atoms with Crippen LogP contribution >= 0.6 is 0 Å². The van der Waals surface area contributed by atoms with Gasteiger partial charge in [0.25, 0.3) is 11.8 Å². The second kappa shape index (κ2) is 17.8. The van der Waals surface area contributed by atoms with E-state index in [1.54, 1.807) is 26.8 Å². The van der Waals surface area contributed by atoms with E-state index in [9.17, 15) is 14.7 Å². The van der Waals surface area contributed by atoms with E-state index in [2.05, 4.69) is 20.9 Å². The number of hydrogen-bond donors (Lipinski definition) is 3. The molecule has 13 nitrogen and oxygen atoms in total. The second-order valence-electron chi connectivity index (χ2n) is 12.5. The van der Waals surface area contributed by atoms with Crippen molar-refractivity contribution in [3.8, 4) is 34.4 Å². The monoisotopic (exact) mass is 666 g/mol. The first kappa shape index (κ1) is 37.4. The van der Waals surface area contributed by atoms with Crippen LogP contribution in [0, 0.1) is 0 Å². The fraction of sp³-hybridized carbons (Fsp3) is 0.429. The Morgan fingerprint density at radius 2 is 1.29 bits per heavy atom. The highest BCUT2D eigenvalue weighted by molar-refractivity contribution is 5.68. The summed E-state index contributed by atoms with van der Waals surface area (Å²) in [6, 6.07) is 20.7. The number of nitrogens with zero attached hydrogens (tertiary/aromatic N) is 2.